The van der Waals surface area contributed by atoms with Gasteiger partial charge in [-0.15, -0.1) is 5.10 Å². The molecule has 2 N–H and O–H groups in total. The lowest BCUT2D eigenvalue weighted by atomic mass is 10.2. The topological polar surface area (TPSA) is 120 Å². The number of para-hydroxylation sites is 2. The number of hydrogen-bond donors (Lipinski definition) is 2. The number of rotatable bonds is 8. The molecule has 10 nitrogen and oxygen atoms in total. The Labute approximate surface area is 205 Å². The number of carbonyl (C=O) groups excluding carboxylic acids is 2. The average molecular weight is 497 g/mol. The quantitative estimate of drug-likeness (QED) is 0.388. The van der Waals surface area contributed by atoms with Gasteiger partial charge in [0.2, 0.25) is 17.6 Å². The minimum absolute atomic E-state index is 0.00861. The van der Waals surface area contributed by atoms with E-state index in [4.69, 9.17) is 11.6 Å². The maximum atomic E-state index is 13.2. The number of fused-ring (bicyclic) bond motifs is 3. The third-order valence-corrected chi connectivity index (χ3v) is 6.04. The lowest BCUT2D eigenvalue weighted by molar-refractivity contribution is -0.122. The molecule has 0 saturated carbocycles. The van der Waals surface area contributed by atoms with Crippen LogP contribution in [0.2, 0.25) is 5.02 Å². The van der Waals surface area contributed by atoms with Crippen molar-refractivity contribution in [2.45, 2.75) is 45.8 Å². The van der Waals surface area contributed by atoms with Gasteiger partial charge in [0, 0.05) is 19.0 Å². The largest absolute Gasteiger partial charge is 0.354 e. The lowest BCUT2D eigenvalue weighted by Gasteiger charge is -2.12. The van der Waals surface area contributed by atoms with Gasteiger partial charge in [-0.25, -0.2) is 13.9 Å². The van der Waals surface area contributed by atoms with Crippen LogP contribution in [-0.4, -0.2) is 36.6 Å². The molecule has 0 bridgehead atoms. The number of aromatic nitrogens is 4. The van der Waals surface area contributed by atoms with Crippen molar-refractivity contribution in [3.05, 3.63) is 74.4 Å². The van der Waals surface area contributed by atoms with Crippen molar-refractivity contribution in [2.24, 2.45) is 0 Å². The van der Waals surface area contributed by atoms with Crippen LogP contribution in [0.1, 0.15) is 26.7 Å². The van der Waals surface area contributed by atoms with Crippen molar-refractivity contribution in [1.29, 1.82) is 0 Å². The Morgan fingerprint density at radius 1 is 1.06 bits per heavy atom. The first kappa shape index (κ1) is 24.2. The highest BCUT2D eigenvalue weighted by Crippen LogP contribution is 2.20. The summed E-state index contributed by atoms with van der Waals surface area (Å²) in [5, 5.41) is 10.5. The Kier molecular flexibility index (Phi) is 7.02. The highest BCUT2D eigenvalue weighted by atomic mass is 35.5. The second-order valence-electron chi connectivity index (χ2n) is 8.20. The van der Waals surface area contributed by atoms with Gasteiger partial charge >= 0.3 is 5.69 Å². The molecule has 0 unspecified atom stereocenters. The van der Waals surface area contributed by atoms with Crippen LogP contribution in [0.3, 0.4) is 0 Å². The molecule has 2 heterocycles. The normalized spacial score (nSPS) is 12.1. The molecule has 0 radical (unpaired) electrons. The summed E-state index contributed by atoms with van der Waals surface area (Å²) in [4.78, 5) is 51.4. The number of benzene rings is 2. The summed E-state index contributed by atoms with van der Waals surface area (Å²) in [6.45, 7) is 3.50. The maximum Gasteiger partial charge on any atom is 0.352 e. The molecule has 0 aliphatic carbocycles. The van der Waals surface area contributed by atoms with E-state index in [9.17, 15) is 19.2 Å². The third-order valence-electron chi connectivity index (χ3n) is 5.71. The van der Waals surface area contributed by atoms with Crippen LogP contribution in [0.15, 0.2) is 58.1 Å². The van der Waals surface area contributed by atoms with Crippen molar-refractivity contribution in [2.75, 3.05) is 5.32 Å². The van der Waals surface area contributed by atoms with Gasteiger partial charge in [-0.2, -0.15) is 0 Å². The van der Waals surface area contributed by atoms with Crippen LogP contribution in [0.4, 0.5) is 5.69 Å². The van der Waals surface area contributed by atoms with Crippen molar-refractivity contribution >= 4 is 45.8 Å². The Balaban J connectivity index is 1.72. The molecular weight excluding hydrogens is 472 g/mol. The molecule has 35 heavy (non-hydrogen) atoms. The van der Waals surface area contributed by atoms with Gasteiger partial charge in [-0.05, 0) is 37.6 Å². The number of amides is 2. The fraction of sp³-hybridized carbons (Fsp3) is 0.292. The first-order valence-electron chi connectivity index (χ1n) is 11.2. The fourth-order valence-electron chi connectivity index (χ4n) is 3.72. The summed E-state index contributed by atoms with van der Waals surface area (Å²) in [7, 11) is 0. The van der Waals surface area contributed by atoms with Crippen molar-refractivity contribution < 1.29 is 9.59 Å². The molecule has 4 aromatic rings. The van der Waals surface area contributed by atoms with E-state index in [-0.39, 0.29) is 42.8 Å². The summed E-state index contributed by atoms with van der Waals surface area (Å²) in [6, 6.07) is 13.4. The van der Waals surface area contributed by atoms with Crippen LogP contribution in [0.25, 0.3) is 16.7 Å². The third kappa shape index (κ3) is 4.97. The van der Waals surface area contributed by atoms with Gasteiger partial charge in [0.05, 0.1) is 21.6 Å². The van der Waals surface area contributed by atoms with E-state index in [1.165, 1.54) is 8.97 Å². The van der Waals surface area contributed by atoms with Crippen LogP contribution in [-0.2, 0) is 22.7 Å². The van der Waals surface area contributed by atoms with Crippen molar-refractivity contribution in [1.82, 2.24) is 24.1 Å². The highest BCUT2D eigenvalue weighted by molar-refractivity contribution is 6.33. The predicted octanol–water partition coefficient (Wildman–Crippen LogP) is 2.41. The Morgan fingerprint density at radius 2 is 1.77 bits per heavy atom. The van der Waals surface area contributed by atoms with Crippen LogP contribution >= 0.6 is 11.6 Å². The molecule has 4 rings (SSSR count). The number of nitrogens with zero attached hydrogens (tertiary/aromatic N) is 4. The van der Waals surface area contributed by atoms with Crippen molar-refractivity contribution in [3.8, 4) is 0 Å². The fourth-order valence-corrected chi connectivity index (χ4v) is 3.91. The number of hydrogen-bond acceptors (Lipinski definition) is 5. The van der Waals surface area contributed by atoms with E-state index in [1.54, 1.807) is 48.5 Å². The highest BCUT2D eigenvalue weighted by Gasteiger charge is 2.19. The number of anilines is 1. The predicted molar refractivity (Wildman–Crippen MR) is 134 cm³/mol. The van der Waals surface area contributed by atoms with Gasteiger partial charge in [0.1, 0.15) is 6.54 Å². The van der Waals surface area contributed by atoms with E-state index < -0.39 is 11.6 Å². The Morgan fingerprint density at radius 3 is 2.51 bits per heavy atom. The summed E-state index contributed by atoms with van der Waals surface area (Å²) in [5.41, 5.74) is -0.174. The standard InChI is InChI=1S/C24H25ClN6O4/c1-3-15(2)26-20(32)12-13-29-22(34)16-8-4-7-11-19(16)31-23(29)28-30(24(31)35)14-21(33)27-18-10-6-5-9-17(18)25/h4-11,15H,3,12-14H2,1-2H3,(H,26,32)(H,27,33)/t15-/m0/s1. The number of aryl methyl sites for hydroxylation is 1. The molecule has 0 aliphatic heterocycles. The van der Waals surface area contributed by atoms with Crippen LogP contribution in [0.5, 0.6) is 0 Å². The SMILES string of the molecule is CC[C@H](C)NC(=O)CCn1c(=O)c2ccccc2n2c(=O)n(CC(=O)Nc3ccccc3Cl)nc12. The first-order chi connectivity index (χ1) is 16.8. The molecule has 0 aliphatic rings. The zero-order chi connectivity index (χ0) is 25.1. The van der Waals surface area contributed by atoms with E-state index in [2.05, 4.69) is 15.7 Å². The van der Waals surface area contributed by atoms with E-state index in [0.717, 1.165) is 11.1 Å². The molecule has 2 aromatic heterocycles. The lowest BCUT2D eigenvalue weighted by Crippen LogP contribution is -2.34. The Hall–Kier alpha value is -3.92. The molecular formula is C24H25ClN6O4. The molecule has 0 saturated heterocycles. The van der Waals surface area contributed by atoms with E-state index in [1.807, 2.05) is 13.8 Å². The molecule has 182 valence electrons. The molecule has 0 spiro atoms. The van der Waals surface area contributed by atoms with Crippen LogP contribution < -0.4 is 21.9 Å². The van der Waals surface area contributed by atoms with Gasteiger partial charge in [-0.1, -0.05) is 42.8 Å². The zero-order valence-corrected chi connectivity index (χ0v) is 20.1. The minimum Gasteiger partial charge on any atom is -0.354 e. The first-order valence-corrected chi connectivity index (χ1v) is 11.6. The smallest absolute Gasteiger partial charge is 0.352 e. The number of nitrogens with one attached hydrogen (secondary N) is 2. The molecule has 1 atom stereocenters. The number of carbonyl (C=O) groups is 2. The number of halogens is 1. The van der Waals surface area contributed by atoms with Gasteiger partial charge in [-0.3, -0.25) is 19.0 Å². The summed E-state index contributed by atoms with van der Waals surface area (Å²) < 4.78 is 3.57. The zero-order valence-electron chi connectivity index (χ0n) is 19.3. The van der Waals surface area contributed by atoms with Gasteiger partial charge in [0.15, 0.2) is 0 Å². The van der Waals surface area contributed by atoms with Gasteiger partial charge in [0.25, 0.3) is 5.56 Å². The monoisotopic (exact) mass is 496 g/mol. The molecule has 2 aromatic carbocycles. The second kappa shape index (κ2) is 10.1. The average Bonchev–Trinajstić information content (AvgIpc) is 3.16. The molecule has 2 amide bonds. The maximum absolute atomic E-state index is 13.2. The molecule has 0 fully saturated rings. The second-order valence-corrected chi connectivity index (χ2v) is 8.61. The van der Waals surface area contributed by atoms with Crippen LogP contribution in [0, 0.1) is 0 Å². The van der Waals surface area contributed by atoms with E-state index in [0.29, 0.717) is 21.6 Å². The minimum atomic E-state index is -0.580. The summed E-state index contributed by atoms with van der Waals surface area (Å²) >= 11 is 6.10. The summed E-state index contributed by atoms with van der Waals surface area (Å²) in [5.74, 6) is -0.659. The Bertz CT molecular complexity index is 1540. The summed E-state index contributed by atoms with van der Waals surface area (Å²) in [6.07, 6.45) is 0.814. The van der Waals surface area contributed by atoms with Gasteiger partial charge < -0.3 is 10.6 Å². The van der Waals surface area contributed by atoms with Crippen molar-refractivity contribution in [3.63, 3.8) is 0 Å². The molecule has 11 heteroatoms. The van der Waals surface area contributed by atoms with E-state index >= 15 is 0 Å².